The molecule has 0 radical (unpaired) electrons. The Bertz CT molecular complexity index is 416. The monoisotopic (exact) mass is 265 g/mol. The zero-order chi connectivity index (χ0) is 13.7. The molecule has 0 aromatic heterocycles. The largest absolute Gasteiger partial charge is 0.383 e. The number of morpholine rings is 1. The molecule has 6 nitrogen and oxygen atoms in total. The highest BCUT2D eigenvalue weighted by atomic mass is 16.6. The molecule has 2 atom stereocenters. The summed E-state index contributed by atoms with van der Waals surface area (Å²) in [7, 11) is 0. The third kappa shape index (κ3) is 4.18. The lowest BCUT2D eigenvalue weighted by atomic mass is 10.1. The molecule has 0 bridgehead atoms. The van der Waals surface area contributed by atoms with Crippen LogP contribution in [-0.2, 0) is 4.74 Å². The van der Waals surface area contributed by atoms with E-state index in [2.05, 4.69) is 17.6 Å². The van der Waals surface area contributed by atoms with Crippen LogP contribution >= 0.6 is 0 Å². The predicted octanol–water partition coefficient (Wildman–Crippen LogP) is 1.77. The maximum absolute atomic E-state index is 10.6. The summed E-state index contributed by atoms with van der Waals surface area (Å²) in [5, 5.41) is 17.3. The van der Waals surface area contributed by atoms with Crippen molar-refractivity contribution in [3.8, 4) is 0 Å². The molecule has 6 heteroatoms. The highest BCUT2D eigenvalue weighted by Gasteiger charge is 2.16. The Balaban J connectivity index is 1.83. The minimum absolute atomic E-state index is 0.112. The van der Waals surface area contributed by atoms with Gasteiger partial charge < -0.3 is 15.4 Å². The van der Waals surface area contributed by atoms with Crippen molar-refractivity contribution in [3.63, 3.8) is 0 Å². The van der Waals surface area contributed by atoms with Crippen LogP contribution in [0.25, 0.3) is 0 Å². The molecule has 0 saturated carbocycles. The molecule has 2 unspecified atom stereocenters. The molecule has 1 saturated heterocycles. The number of rotatable bonds is 5. The molecule has 1 fully saturated rings. The van der Waals surface area contributed by atoms with Gasteiger partial charge in [-0.25, -0.2) is 0 Å². The fourth-order valence-corrected chi connectivity index (χ4v) is 2.22. The van der Waals surface area contributed by atoms with E-state index in [1.165, 1.54) is 12.1 Å². The zero-order valence-corrected chi connectivity index (χ0v) is 11.0. The second-order valence-electron chi connectivity index (χ2n) is 4.81. The Morgan fingerprint density at radius 2 is 2.26 bits per heavy atom. The van der Waals surface area contributed by atoms with Crippen molar-refractivity contribution in [1.29, 1.82) is 0 Å². The molecular formula is C13H19N3O3. The van der Waals surface area contributed by atoms with Gasteiger partial charge in [-0.15, -0.1) is 0 Å². The van der Waals surface area contributed by atoms with Gasteiger partial charge in [0.25, 0.3) is 5.69 Å². The predicted molar refractivity (Wildman–Crippen MR) is 73.4 cm³/mol. The molecule has 1 heterocycles. The molecule has 2 N–H and O–H groups in total. The topological polar surface area (TPSA) is 76.4 Å². The summed E-state index contributed by atoms with van der Waals surface area (Å²) in [6, 6.07) is 7.14. The lowest BCUT2D eigenvalue weighted by Crippen LogP contribution is -2.43. The van der Waals surface area contributed by atoms with Gasteiger partial charge in [0.05, 0.1) is 18.1 Å². The minimum Gasteiger partial charge on any atom is -0.383 e. The molecule has 104 valence electrons. The highest BCUT2D eigenvalue weighted by Crippen LogP contribution is 2.17. The molecule has 1 aliphatic heterocycles. The van der Waals surface area contributed by atoms with Crippen LogP contribution in [0.1, 0.15) is 13.3 Å². The van der Waals surface area contributed by atoms with Crippen molar-refractivity contribution in [2.75, 3.05) is 25.1 Å². The van der Waals surface area contributed by atoms with Gasteiger partial charge in [0.2, 0.25) is 0 Å². The Morgan fingerprint density at radius 1 is 1.53 bits per heavy atom. The van der Waals surface area contributed by atoms with Crippen molar-refractivity contribution in [1.82, 2.24) is 5.32 Å². The van der Waals surface area contributed by atoms with Crippen molar-refractivity contribution in [2.45, 2.75) is 25.4 Å². The first-order chi connectivity index (χ1) is 9.15. The summed E-state index contributed by atoms with van der Waals surface area (Å²) in [6.07, 6.45) is 0.955. The third-order valence-electron chi connectivity index (χ3n) is 3.13. The van der Waals surface area contributed by atoms with Crippen LogP contribution < -0.4 is 10.6 Å². The number of ether oxygens (including phenoxy) is 1. The summed E-state index contributed by atoms with van der Waals surface area (Å²) in [6.45, 7) is 4.51. The van der Waals surface area contributed by atoms with E-state index < -0.39 is 4.92 Å². The lowest BCUT2D eigenvalue weighted by molar-refractivity contribution is -0.384. The number of nitro benzene ring substituents is 1. The van der Waals surface area contributed by atoms with Crippen molar-refractivity contribution >= 4 is 11.4 Å². The first-order valence-corrected chi connectivity index (χ1v) is 6.47. The number of anilines is 1. The van der Waals surface area contributed by atoms with Gasteiger partial charge in [-0.3, -0.25) is 10.1 Å². The second-order valence-corrected chi connectivity index (χ2v) is 4.81. The highest BCUT2D eigenvalue weighted by molar-refractivity contribution is 5.49. The average Bonchev–Trinajstić information content (AvgIpc) is 2.40. The van der Waals surface area contributed by atoms with Crippen LogP contribution in [-0.4, -0.2) is 36.8 Å². The molecule has 1 aromatic carbocycles. The quantitative estimate of drug-likeness (QED) is 0.627. The number of hydrogen-bond donors (Lipinski definition) is 2. The number of benzene rings is 1. The van der Waals surface area contributed by atoms with Crippen LogP contribution in [0.2, 0.25) is 0 Å². The third-order valence-corrected chi connectivity index (χ3v) is 3.13. The molecule has 1 aliphatic rings. The Labute approximate surface area is 112 Å². The molecule has 1 aromatic rings. The molecular weight excluding hydrogens is 246 g/mol. The first kappa shape index (κ1) is 13.8. The molecule has 2 rings (SSSR count). The van der Waals surface area contributed by atoms with Crippen LogP contribution in [0.5, 0.6) is 0 Å². The van der Waals surface area contributed by atoms with Crippen molar-refractivity contribution in [2.24, 2.45) is 0 Å². The number of non-ortho nitro benzene ring substituents is 1. The van der Waals surface area contributed by atoms with Crippen LogP contribution in [0.4, 0.5) is 11.4 Å². The van der Waals surface area contributed by atoms with Crippen LogP contribution in [0.3, 0.4) is 0 Å². The van der Waals surface area contributed by atoms with E-state index in [0.717, 1.165) is 31.9 Å². The molecule has 19 heavy (non-hydrogen) atoms. The number of nitrogens with one attached hydrogen (secondary N) is 2. The normalized spacial score (nSPS) is 20.8. The van der Waals surface area contributed by atoms with Crippen molar-refractivity contribution < 1.29 is 9.66 Å². The van der Waals surface area contributed by atoms with E-state index in [9.17, 15) is 10.1 Å². The van der Waals surface area contributed by atoms with Gasteiger partial charge in [-0.05, 0) is 25.5 Å². The van der Waals surface area contributed by atoms with E-state index in [4.69, 9.17) is 4.74 Å². The van der Waals surface area contributed by atoms with Gasteiger partial charge in [-0.1, -0.05) is 0 Å². The summed E-state index contributed by atoms with van der Waals surface area (Å²) in [5.41, 5.74) is 1.01. The Hall–Kier alpha value is -1.66. The van der Waals surface area contributed by atoms with E-state index in [1.807, 2.05) is 0 Å². The van der Waals surface area contributed by atoms with Crippen molar-refractivity contribution in [3.05, 3.63) is 34.4 Å². The number of hydrogen-bond acceptors (Lipinski definition) is 5. The zero-order valence-electron chi connectivity index (χ0n) is 11.0. The van der Waals surface area contributed by atoms with Gasteiger partial charge >= 0.3 is 0 Å². The SMILES string of the molecule is CC(CC1COCCN1)Nc1ccc([N+](=O)[O-])cc1. The smallest absolute Gasteiger partial charge is 0.269 e. The summed E-state index contributed by atoms with van der Waals surface area (Å²) < 4.78 is 5.41. The molecule has 0 aliphatic carbocycles. The van der Waals surface area contributed by atoms with E-state index in [1.54, 1.807) is 12.1 Å². The Kier molecular flexibility index (Phi) is 4.70. The van der Waals surface area contributed by atoms with Crippen LogP contribution in [0.15, 0.2) is 24.3 Å². The van der Waals surface area contributed by atoms with Crippen LogP contribution in [0, 0.1) is 10.1 Å². The molecule has 0 amide bonds. The van der Waals surface area contributed by atoms with E-state index >= 15 is 0 Å². The minimum atomic E-state index is -0.392. The summed E-state index contributed by atoms with van der Waals surface area (Å²) in [5.74, 6) is 0. The van der Waals surface area contributed by atoms with Gasteiger partial charge in [0, 0.05) is 36.4 Å². The Morgan fingerprint density at radius 3 is 2.84 bits per heavy atom. The summed E-state index contributed by atoms with van der Waals surface area (Å²) >= 11 is 0. The maximum atomic E-state index is 10.6. The van der Waals surface area contributed by atoms with E-state index in [-0.39, 0.29) is 11.7 Å². The standard InChI is InChI=1S/C13H19N3O3/c1-10(8-12-9-19-7-6-14-12)15-11-2-4-13(5-3-11)16(17)18/h2-5,10,12,14-15H,6-9H2,1H3. The maximum Gasteiger partial charge on any atom is 0.269 e. The average molecular weight is 265 g/mol. The summed E-state index contributed by atoms with van der Waals surface area (Å²) in [4.78, 5) is 10.2. The second kappa shape index (κ2) is 6.49. The number of nitrogens with zero attached hydrogens (tertiary/aromatic N) is 1. The lowest BCUT2D eigenvalue weighted by Gasteiger charge is -2.27. The fourth-order valence-electron chi connectivity index (χ4n) is 2.22. The van der Waals surface area contributed by atoms with Gasteiger partial charge in [0.1, 0.15) is 0 Å². The number of nitro groups is 1. The van der Waals surface area contributed by atoms with Gasteiger partial charge in [0.15, 0.2) is 0 Å². The van der Waals surface area contributed by atoms with E-state index in [0.29, 0.717) is 6.04 Å². The van der Waals surface area contributed by atoms with Gasteiger partial charge in [-0.2, -0.15) is 0 Å². The molecule has 0 spiro atoms. The first-order valence-electron chi connectivity index (χ1n) is 6.47. The fraction of sp³-hybridized carbons (Fsp3) is 0.538.